The highest BCUT2D eigenvalue weighted by atomic mass is 35.5. The summed E-state index contributed by atoms with van der Waals surface area (Å²) in [4.78, 5) is 26.6. The van der Waals surface area contributed by atoms with E-state index < -0.39 is 5.97 Å². The van der Waals surface area contributed by atoms with Crippen molar-refractivity contribution in [2.24, 2.45) is 5.18 Å². The monoisotopic (exact) mass is 301 g/mol. The van der Waals surface area contributed by atoms with E-state index in [9.17, 15) is 14.8 Å². The van der Waals surface area contributed by atoms with Crippen LogP contribution in [0.4, 0.5) is 5.82 Å². The summed E-state index contributed by atoms with van der Waals surface area (Å²) in [6.07, 6.45) is 1.55. The highest BCUT2D eigenvalue weighted by molar-refractivity contribution is 6.30. The number of halogens is 1. The fourth-order valence-corrected chi connectivity index (χ4v) is 2.24. The molecule has 1 N–H and O–H groups in total. The van der Waals surface area contributed by atoms with E-state index in [1.807, 2.05) is 0 Å². The van der Waals surface area contributed by atoms with Gasteiger partial charge < -0.3 is 5.11 Å². The summed E-state index contributed by atoms with van der Waals surface area (Å²) >= 11 is 5.83. The maximum atomic E-state index is 11.2. The van der Waals surface area contributed by atoms with Gasteiger partial charge in [-0.15, -0.1) is 4.91 Å². The molecule has 0 bridgehead atoms. The molecule has 0 unspecified atom stereocenters. The Bertz CT molecular complexity index is 856. The van der Waals surface area contributed by atoms with E-state index in [1.54, 1.807) is 30.5 Å². The molecule has 0 aliphatic carbocycles. The number of aromatic nitrogens is 2. The molecule has 0 amide bonds. The van der Waals surface area contributed by atoms with Crippen LogP contribution in [0.25, 0.3) is 16.9 Å². The number of aromatic carboxylic acids is 1. The zero-order valence-corrected chi connectivity index (χ0v) is 11.3. The van der Waals surface area contributed by atoms with Crippen LogP contribution < -0.4 is 0 Å². The number of carboxylic acids is 1. The predicted octanol–water partition coefficient (Wildman–Crippen LogP) is 3.75. The minimum absolute atomic E-state index is 0.00242. The SMILES string of the molecule is O=Nc1c(-c2ccc(Cl)cc2)nc2c(C(=O)O)cccn12. The molecule has 0 atom stereocenters. The first-order valence-corrected chi connectivity index (χ1v) is 6.33. The maximum absolute atomic E-state index is 11.2. The van der Waals surface area contributed by atoms with Crippen LogP contribution >= 0.6 is 11.6 Å². The lowest BCUT2D eigenvalue weighted by atomic mass is 10.1. The molecule has 2 heterocycles. The van der Waals surface area contributed by atoms with Crippen LogP contribution in [0.3, 0.4) is 0 Å². The molecule has 21 heavy (non-hydrogen) atoms. The number of benzene rings is 1. The number of hydrogen-bond donors (Lipinski definition) is 1. The lowest BCUT2D eigenvalue weighted by Gasteiger charge is -1.98. The summed E-state index contributed by atoms with van der Waals surface area (Å²) in [5, 5.41) is 12.7. The Morgan fingerprint density at radius 1 is 1.24 bits per heavy atom. The predicted molar refractivity (Wildman–Crippen MR) is 78.1 cm³/mol. The summed E-state index contributed by atoms with van der Waals surface area (Å²) in [6, 6.07) is 9.66. The molecule has 7 heteroatoms. The van der Waals surface area contributed by atoms with Gasteiger partial charge in [0.25, 0.3) is 0 Å². The van der Waals surface area contributed by atoms with Gasteiger partial charge >= 0.3 is 5.97 Å². The van der Waals surface area contributed by atoms with Crippen molar-refractivity contribution in [2.45, 2.75) is 0 Å². The normalized spacial score (nSPS) is 10.7. The average molecular weight is 302 g/mol. The second-order valence-electron chi connectivity index (χ2n) is 4.30. The number of imidazole rings is 1. The maximum Gasteiger partial charge on any atom is 0.339 e. The van der Waals surface area contributed by atoms with Crippen LogP contribution in [-0.2, 0) is 0 Å². The molecule has 3 rings (SSSR count). The smallest absolute Gasteiger partial charge is 0.339 e. The average Bonchev–Trinajstić information content (AvgIpc) is 2.86. The molecule has 0 fully saturated rings. The van der Waals surface area contributed by atoms with Crippen molar-refractivity contribution in [1.29, 1.82) is 0 Å². The van der Waals surface area contributed by atoms with E-state index in [-0.39, 0.29) is 17.0 Å². The van der Waals surface area contributed by atoms with Crippen LogP contribution in [0.15, 0.2) is 47.8 Å². The molecular weight excluding hydrogens is 294 g/mol. The third-order valence-corrected chi connectivity index (χ3v) is 3.31. The van der Waals surface area contributed by atoms with Crippen LogP contribution in [0.5, 0.6) is 0 Å². The van der Waals surface area contributed by atoms with Crippen molar-refractivity contribution in [2.75, 3.05) is 0 Å². The third kappa shape index (κ3) is 2.15. The van der Waals surface area contributed by atoms with Gasteiger partial charge in [0.2, 0.25) is 5.82 Å². The van der Waals surface area contributed by atoms with Gasteiger partial charge in [-0.3, -0.25) is 4.40 Å². The van der Waals surface area contributed by atoms with Crippen LogP contribution in [0.2, 0.25) is 5.02 Å². The second-order valence-corrected chi connectivity index (χ2v) is 4.74. The van der Waals surface area contributed by atoms with Crippen molar-refractivity contribution in [1.82, 2.24) is 9.38 Å². The number of rotatable bonds is 3. The van der Waals surface area contributed by atoms with E-state index in [1.165, 1.54) is 16.5 Å². The Morgan fingerprint density at radius 3 is 2.57 bits per heavy atom. The van der Waals surface area contributed by atoms with Gasteiger partial charge in [-0.25, -0.2) is 9.78 Å². The molecule has 3 aromatic rings. The Hall–Kier alpha value is -2.73. The molecule has 2 aromatic heterocycles. The Labute approximate surface area is 123 Å². The van der Waals surface area contributed by atoms with Gasteiger partial charge in [0.1, 0.15) is 11.3 Å². The fraction of sp³-hybridized carbons (Fsp3) is 0. The number of fused-ring (bicyclic) bond motifs is 1. The first-order chi connectivity index (χ1) is 10.1. The molecule has 0 radical (unpaired) electrons. The number of hydrogen-bond acceptors (Lipinski definition) is 4. The van der Waals surface area contributed by atoms with Gasteiger partial charge in [-0.05, 0) is 29.4 Å². The summed E-state index contributed by atoms with van der Waals surface area (Å²) in [7, 11) is 0. The van der Waals surface area contributed by atoms with Crippen molar-refractivity contribution in [3.63, 3.8) is 0 Å². The lowest BCUT2D eigenvalue weighted by Crippen LogP contribution is -1.99. The minimum Gasteiger partial charge on any atom is -0.478 e. The highest BCUT2D eigenvalue weighted by Crippen LogP contribution is 2.32. The molecule has 104 valence electrons. The molecule has 0 saturated heterocycles. The lowest BCUT2D eigenvalue weighted by molar-refractivity contribution is 0.0698. The standard InChI is InChI=1S/C14H8ClN3O3/c15-9-5-3-8(4-6-9)11-13(17-21)18-7-1-2-10(14(19)20)12(18)16-11/h1-7H,(H,19,20). The molecule has 6 nitrogen and oxygen atoms in total. The summed E-state index contributed by atoms with van der Waals surface area (Å²) in [6.45, 7) is 0. The molecule has 0 saturated carbocycles. The quantitative estimate of drug-likeness (QED) is 0.747. The molecule has 0 aliphatic rings. The van der Waals surface area contributed by atoms with Crippen molar-refractivity contribution < 1.29 is 9.90 Å². The van der Waals surface area contributed by atoms with Crippen LogP contribution in [0, 0.1) is 4.91 Å². The first kappa shape index (κ1) is 13.3. The van der Waals surface area contributed by atoms with Gasteiger partial charge in [0.05, 0.1) is 0 Å². The zero-order chi connectivity index (χ0) is 15.0. The third-order valence-electron chi connectivity index (χ3n) is 3.06. The van der Waals surface area contributed by atoms with Crippen LogP contribution in [-0.4, -0.2) is 20.5 Å². The van der Waals surface area contributed by atoms with Gasteiger partial charge in [-0.1, -0.05) is 23.7 Å². The number of nitrogens with zero attached hydrogens (tertiary/aromatic N) is 3. The van der Waals surface area contributed by atoms with E-state index >= 15 is 0 Å². The number of nitroso groups, excluding NO2 is 1. The fourth-order valence-electron chi connectivity index (χ4n) is 2.11. The van der Waals surface area contributed by atoms with Gasteiger partial charge in [-0.2, -0.15) is 0 Å². The Kier molecular flexibility index (Phi) is 3.15. The van der Waals surface area contributed by atoms with Gasteiger partial charge in [0.15, 0.2) is 5.65 Å². The summed E-state index contributed by atoms with van der Waals surface area (Å²) in [5.74, 6) is -1.07. The first-order valence-electron chi connectivity index (χ1n) is 5.95. The van der Waals surface area contributed by atoms with Crippen molar-refractivity contribution in [3.8, 4) is 11.3 Å². The molecule has 0 aliphatic heterocycles. The molecule has 1 aromatic carbocycles. The van der Waals surface area contributed by atoms with Crippen LogP contribution in [0.1, 0.15) is 10.4 Å². The van der Waals surface area contributed by atoms with Gasteiger partial charge in [0, 0.05) is 16.8 Å². The topological polar surface area (TPSA) is 84.0 Å². The Balaban J connectivity index is 2.33. The van der Waals surface area contributed by atoms with E-state index in [2.05, 4.69) is 10.2 Å². The highest BCUT2D eigenvalue weighted by Gasteiger charge is 2.19. The largest absolute Gasteiger partial charge is 0.478 e. The van der Waals surface area contributed by atoms with Crippen molar-refractivity contribution >= 4 is 29.0 Å². The molecular formula is C14H8ClN3O3. The second kappa shape index (κ2) is 4.99. The van der Waals surface area contributed by atoms with E-state index in [0.29, 0.717) is 16.3 Å². The number of pyridine rings is 1. The minimum atomic E-state index is -1.12. The Morgan fingerprint density at radius 2 is 1.95 bits per heavy atom. The van der Waals surface area contributed by atoms with Crippen molar-refractivity contribution in [3.05, 3.63) is 58.1 Å². The van der Waals surface area contributed by atoms with E-state index in [0.717, 1.165) is 0 Å². The zero-order valence-electron chi connectivity index (χ0n) is 10.5. The number of carbonyl (C=O) groups is 1. The summed E-state index contributed by atoms with van der Waals surface area (Å²) in [5.41, 5.74) is 1.12. The van der Waals surface area contributed by atoms with E-state index in [4.69, 9.17) is 11.6 Å². The summed E-state index contributed by atoms with van der Waals surface area (Å²) < 4.78 is 1.36. The number of carboxylic acid groups (broad SMARTS) is 1. The molecule has 0 spiro atoms.